The summed E-state index contributed by atoms with van der Waals surface area (Å²) in [6.07, 6.45) is 9.05. The first-order valence-electron chi connectivity index (χ1n) is 10.6. The highest BCUT2D eigenvalue weighted by Crippen LogP contribution is 2.36. The number of fused-ring (bicyclic) bond motifs is 1. The van der Waals surface area contributed by atoms with Gasteiger partial charge in [-0.15, -0.1) is 0 Å². The highest BCUT2D eigenvalue weighted by Gasteiger charge is 2.29. The summed E-state index contributed by atoms with van der Waals surface area (Å²) >= 11 is 6.62. The molecule has 0 spiro atoms. The van der Waals surface area contributed by atoms with E-state index in [4.69, 9.17) is 16.6 Å². The lowest BCUT2D eigenvalue weighted by molar-refractivity contribution is 0.0435. The summed E-state index contributed by atoms with van der Waals surface area (Å²) < 4.78 is 2.00. The predicted octanol–water partition coefficient (Wildman–Crippen LogP) is 4.12. The molecule has 3 heterocycles. The number of hydrogen-bond donors (Lipinski definition) is 2. The number of benzene rings is 1. The van der Waals surface area contributed by atoms with Crippen LogP contribution in [0.5, 0.6) is 0 Å². The second-order valence-corrected chi connectivity index (χ2v) is 9.63. The summed E-state index contributed by atoms with van der Waals surface area (Å²) in [4.78, 5) is 11.5. The van der Waals surface area contributed by atoms with Gasteiger partial charge in [0.15, 0.2) is 0 Å². The molecular weight excluding hydrogens is 400 g/mol. The SMILES string of the molecule is CC(C)(O)CN1CCC(c2cc3nc(Nc4cnn(C5CC5)c4)ncc3cc2Cl)C1. The zero-order valence-corrected chi connectivity index (χ0v) is 18.1. The molecule has 0 radical (unpaired) electrons. The Kier molecular flexibility index (Phi) is 4.92. The minimum absolute atomic E-state index is 0.340. The highest BCUT2D eigenvalue weighted by molar-refractivity contribution is 6.32. The van der Waals surface area contributed by atoms with Gasteiger partial charge in [0.2, 0.25) is 5.95 Å². The van der Waals surface area contributed by atoms with Crippen LogP contribution in [0.4, 0.5) is 11.6 Å². The van der Waals surface area contributed by atoms with Crippen LogP contribution in [0.25, 0.3) is 10.9 Å². The van der Waals surface area contributed by atoms with Gasteiger partial charge in [-0.1, -0.05) is 11.6 Å². The Hall–Kier alpha value is -2.22. The molecule has 7 nitrogen and oxygen atoms in total. The fourth-order valence-electron chi connectivity index (χ4n) is 4.29. The molecule has 1 aliphatic heterocycles. The summed E-state index contributed by atoms with van der Waals surface area (Å²) in [5, 5.41) is 19.5. The Labute approximate surface area is 181 Å². The number of aliphatic hydroxyl groups is 1. The fourth-order valence-corrected chi connectivity index (χ4v) is 4.61. The van der Waals surface area contributed by atoms with Crippen molar-refractivity contribution in [2.75, 3.05) is 25.0 Å². The fraction of sp³-hybridized carbons (Fsp3) is 0.500. The van der Waals surface area contributed by atoms with E-state index in [9.17, 15) is 5.11 Å². The van der Waals surface area contributed by atoms with Gasteiger partial charge in [0.1, 0.15) is 0 Å². The normalized spacial score (nSPS) is 20.2. The third kappa shape index (κ3) is 4.29. The maximum Gasteiger partial charge on any atom is 0.227 e. The van der Waals surface area contributed by atoms with Crippen molar-refractivity contribution in [2.45, 2.75) is 50.7 Å². The smallest absolute Gasteiger partial charge is 0.227 e. The molecule has 1 saturated heterocycles. The van der Waals surface area contributed by atoms with Crippen molar-refractivity contribution in [3.05, 3.63) is 41.3 Å². The van der Waals surface area contributed by atoms with E-state index in [1.807, 2.05) is 37.0 Å². The first-order chi connectivity index (χ1) is 14.3. The van der Waals surface area contributed by atoms with E-state index in [-0.39, 0.29) is 0 Å². The van der Waals surface area contributed by atoms with Gasteiger partial charge in [0.05, 0.1) is 29.0 Å². The van der Waals surface area contributed by atoms with Gasteiger partial charge in [-0.05, 0) is 63.3 Å². The van der Waals surface area contributed by atoms with Crippen molar-refractivity contribution in [3.8, 4) is 0 Å². The number of rotatable bonds is 6. The quantitative estimate of drug-likeness (QED) is 0.617. The van der Waals surface area contributed by atoms with E-state index in [0.717, 1.165) is 46.7 Å². The zero-order valence-electron chi connectivity index (χ0n) is 17.3. The molecule has 3 aromatic rings. The molecule has 0 amide bonds. The molecule has 8 heteroatoms. The van der Waals surface area contributed by atoms with Crippen LogP contribution in [-0.2, 0) is 0 Å². The lowest BCUT2D eigenvalue weighted by Crippen LogP contribution is -2.37. The molecule has 2 aromatic heterocycles. The first kappa shape index (κ1) is 19.7. The molecule has 2 N–H and O–H groups in total. The molecule has 2 aliphatic rings. The van der Waals surface area contributed by atoms with Crippen LogP contribution in [-0.4, -0.2) is 55.0 Å². The molecule has 158 valence electrons. The number of β-amino-alcohol motifs (C(OH)–C–C–N with tert-alkyl or cyclic N) is 1. The molecule has 1 unspecified atom stereocenters. The number of likely N-dealkylation sites (tertiary alicyclic amines) is 1. The van der Waals surface area contributed by atoms with Crippen molar-refractivity contribution in [1.82, 2.24) is 24.6 Å². The molecule has 1 aliphatic carbocycles. The Balaban J connectivity index is 1.36. The van der Waals surface area contributed by atoms with Gasteiger partial charge < -0.3 is 10.4 Å². The van der Waals surface area contributed by atoms with Crippen LogP contribution >= 0.6 is 11.6 Å². The Bertz CT molecular complexity index is 1070. The third-order valence-corrected chi connectivity index (χ3v) is 6.13. The van der Waals surface area contributed by atoms with Crippen molar-refractivity contribution in [2.24, 2.45) is 0 Å². The lowest BCUT2D eigenvalue weighted by Gasteiger charge is -2.25. The van der Waals surface area contributed by atoms with Gasteiger partial charge in [-0.2, -0.15) is 5.10 Å². The van der Waals surface area contributed by atoms with Gasteiger partial charge in [-0.25, -0.2) is 9.97 Å². The van der Waals surface area contributed by atoms with E-state index >= 15 is 0 Å². The predicted molar refractivity (Wildman–Crippen MR) is 118 cm³/mol. The highest BCUT2D eigenvalue weighted by atomic mass is 35.5. The standard InChI is InChI=1S/C22H27ClN6O/c1-22(2,30)13-28-6-5-14(11-28)18-8-20-15(7-19(18)23)9-24-21(27-20)26-16-10-25-29(12-16)17-3-4-17/h7-10,12,14,17,30H,3-6,11,13H2,1-2H3,(H,24,26,27). The first-order valence-corrected chi connectivity index (χ1v) is 10.9. The number of nitrogens with one attached hydrogen (secondary N) is 1. The Morgan fingerprint density at radius 3 is 2.83 bits per heavy atom. The van der Waals surface area contributed by atoms with Crippen LogP contribution in [0, 0.1) is 0 Å². The van der Waals surface area contributed by atoms with E-state index in [1.54, 1.807) is 6.20 Å². The number of aromatic nitrogens is 4. The topological polar surface area (TPSA) is 79.1 Å². The largest absolute Gasteiger partial charge is 0.389 e. The molecule has 2 fully saturated rings. The van der Waals surface area contributed by atoms with E-state index < -0.39 is 5.60 Å². The Morgan fingerprint density at radius 2 is 2.07 bits per heavy atom. The van der Waals surface area contributed by atoms with Crippen LogP contribution in [0.3, 0.4) is 0 Å². The monoisotopic (exact) mass is 426 g/mol. The second kappa shape index (κ2) is 7.48. The van der Waals surface area contributed by atoms with E-state index in [2.05, 4.69) is 26.4 Å². The summed E-state index contributed by atoms with van der Waals surface area (Å²) in [5.74, 6) is 0.897. The van der Waals surface area contributed by atoms with Crippen molar-refractivity contribution < 1.29 is 5.11 Å². The van der Waals surface area contributed by atoms with Crippen molar-refractivity contribution in [3.63, 3.8) is 0 Å². The third-order valence-electron chi connectivity index (χ3n) is 5.80. The molecule has 1 atom stereocenters. The van der Waals surface area contributed by atoms with Gasteiger partial charge in [-0.3, -0.25) is 9.58 Å². The summed E-state index contributed by atoms with van der Waals surface area (Å²) in [5.41, 5.74) is 2.20. The van der Waals surface area contributed by atoms with Crippen LogP contribution in [0.1, 0.15) is 50.6 Å². The molecular formula is C22H27ClN6O. The zero-order chi connectivity index (χ0) is 20.9. The maximum atomic E-state index is 10.1. The van der Waals surface area contributed by atoms with E-state index in [0.29, 0.717) is 24.5 Å². The Morgan fingerprint density at radius 1 is 1.23 bits per heavy atom. The van der Waals surface area contributed by atoms with Gasteiger partial charge in [0, 0.05) is 35.9 Å². The molecule has 1 saturated carbocycles. The average molecular weight is 427 g/mol. The summed E-state index contributed by atoms with van der Waals surface area (Å²) in [6, 6.07) is 4.60. The number of nitrogens with zero attached hydrogens (tertiary/aromatic N) is 5. The van der Waals surface area contributed by atoms with Gasteiger partial charge in [0.25, 0.3) is 0 Å². The summed E-state index contributed by atoms with van der Waals surface area (Å²) in [7, 11) is 0. The maximum absolute atomic E-state index is 10.1. The summed E-state index contributed by atoms with van der Waals surface area (Å²) in [6.45, 7) is 6.22. The molecule has 30 heavy (non-hydrogen) atoms. The number of hydrogen-bond acceptors (Lipinski definition) is 6. The van der Waals surface area contributed by atoms with E-state index in [1.165, 1.54) is 12.8 Å². The number of anilines is 2. The van der Waals surface area contributed by atoms with Crippen LogP contribution in [0.15, 0.2) is 30.7 Å². The minimum Gasteiger partial charge on any atom is -0.389 e. The van der Waals surface area contributed by atoms with Crippen LogP contribution in [0.2, 0.25) is 5.02 Å². The van der Waals surface area contributed by atoms with Crippen LogP contribution < -0.4 is 5.32 Å². The molecule has 5 rings (SSSR count). The van der Waals surface area contributed by atoms with Gasteiger partial charge >= 0.3 is 0 Å². The van der Waals surface area contributed by atoms with Crippen molar-refractivity contribution in [1.29, 1.82) is 0 Å². The second-order valence-electron chi connectivity index (χ2n) is 9.22. The lowest BCUT2D eigenvalue weighted by atomic mass is 9.97. The minimum atomic E-state index is -0.691. The molecule has 1 aromatic carbocycles. The average Bonchev–Trinajstić information content (AvgIpc) is 3.26. The number of halogens is 1. The molecule has 0 bridgehead atoms. The van der Waals surface area contributed by atoms with Crippen molar-refractivity contribution >= 4 is 34.1 Å².